The lowest BCUT2D eigenvalue weighted by molar-refractivity contribution is -0.0164. The summed E-state index contributed by atoms with van der Waals surface area (Å²) in [6.07, 6.45) is 6.44. The molecule has 0 bridgehead atoms. The average Bonchev–Trinajstić information content (AvgIpc) is 3.50. The van der Waals surface area contributed by atoms with Gasteiger partial charge >= 0.3 is 0 Å². The minimum Gasteiger partial charge on any atom is -0.444 e. The third-order valence-corrected chi connectivity index (χ3v) is 6.38. The first-order chi connectivity index (χ1) is 15.2. The van der Waals surface area contributed by atoms with Crippen molar-refractivity contribution in [1.29, 1.82) is 0 Å². The van der Waals surface area contributed by atoms with Gasteiger partial charge in [-0.1, -0.05) is 17.7 Å². The van der Waals surface area contributed by atoms with Gasteiger partial charge in [0, 0.05) is 37.4 Å². The van der Waals surface area contributed by atoms with Crippen LogP contribution in [0.5, 0.6) is 0 Å². The normalized spacial score (nSPS) is 19.5. The van der Waals surface area contributed by atoms with E-state index in [1.165, 1.54) is 31.5 Å². The second kappa shape index (κ2) is 10.3. The Morgan fingerprint density at radius 2 is 1.87 bits per heavy atom. The molecule has 2 aliphatic heterocycles. The van der Waals surface area contributed by atoms with Gasteiger partial charge in [0.1, 0.15) is 12.0 Å². The SMILES string of the molecule is CCNC(=NCc1coc(-c2ccc(C)cc2)n1)NCC1(N2CCCC2)CCOCC1. The highest BCUT2D eigenvalue weighted by molar-refractivity contribution is 5.79. The number of nitrogens with one attached hydrogen (secondary N) is 2. The van der Waals surface area contributed by atoms with Gasteiger partial charge in [-0.15, -0.1) is 0 Å². The molecular weight excluding hydrogens is 390 g/mol. The Bertz CT molecular complexity index is 849. The fourth-order valence-corrected chi connectivity index (χ4v) is 4.51. The molecular formula is C24H35N5O2. The minimum absolute atomic E-state index is 0.164. The van der Waals surface area contributed by atoms with Crippen molar-refractivity contribution in [2.24, 2.45) is 4.99 Å². The number of likely N-dealkylation sites (tertiary alicyclic amines) is 1. The van der Waals surface area contributed by atoms with E-state index >= 15 is 0 Å². The summed E-state index contributed by atoms with van der Waals surface area (Å²) in [6.45, 7) is 10.4. The van der Waals surface area contributed by atoms with E-state index < -0.39 is 0 Å². The molecule has 0 atom stereocenters. The molecule has 2 aliphatic rings. The lowest BCUT2D eigenvalue weighted by Crippen LogP contribution is -2.58. The molecule has 4 rings (SSSR count). The molecule has 2 aromatic rings. The van der Waals surface area contributed by atoms with E-state index in [-0.39, 0.29) is 5.54 Å². The second-order valence-electron chi connectivity index (χ2n) is 8.59. The van der Waals surface area contributed by atoms with Crippen molar-refractivity contribution in [3.05, 3.63) is 41.8 Å². The number of guanidine groups is 1. The van der Waals surface area contributed by atoms with Crippen molar-refractivity contribution < 1.29 is 9.15 Å². The third kappa shape index (κ3) is 5.46. The van der Waals surface area contributed by atoms with Crippen molar-refractivity contribution >= 4 is 5.96 Å². The summed E-state index contributed by atoms with van der Waals surface area (Å²) in [5.74, 6) is 1.46. The maximum Gasteiger partial charge on any atom is 0.226 e. The number of nitrogens with zero attached hydrogens (tertiary/aromatic N) is 3. The van der Waals surface area contributed by atoms with Crippen LogP contribution in [-0.4, -0.2) is 60.8 Å². The molecule has 2 fully saturated rings. The number of aliphatic imine (C=N–C) groups is 1. The molecule has 0 saturated carbocycles. The van der Waals surface area contributed by atoms with Crippen molar-refractivity contribution in [2.45, 2.75) is 51.6 Å². The van der Waals surface area contributed by atoms with Gasteiger partial charge in [-0.2, -0.15) is 0 Å². The highest BCUT2D eigenvalue weighted by atomic mass is 16.5. The quantitative estimate of drug-likeness (QED) is 0.523. The van der Waals surface area contributed by atoms with Crippen LogP contribution in [0.4, 0.5) is 0 Å². The summed E-state index contributed by atoms with van der Waals surface area (Å²) in [5, 5.41) is 6.98. The lowest BCUT2D eigenvalue weighted by atomic mass is 9.88. The molecule has 0 unspecified atom stereocenters. The molecule has 3 heterocycles. The van der Waals surface area contributed by atoms with E-state index in [2.05, 4.69) is 46.5 Å². The van der Waals surface area contributed by atoms with Crippen LogP contribution in [0.2, 0.25) is 0 Å². The molecule has 0 aliphatic carbocycles. The van der Waals surface area contributed by atoms with Crippen LogP contribution in [-0.2, 0) is 11.3 Å². The van der Waals surface area contributed by atoms with Crippen LogP contribution in [0.25, 0.3) is 11.5 Å². The third-order valence-electron chi connectivity index (χ3n) is 6.38. The van der Waals surface area contributed by atoms with Crippen molar-refractivity contribution in [3.63, 3.8) is 0 Å². The summed E-state index contributed by atoms with van der Waals surface area (Å²) in [4.78, 5) is 12.0. The zero-order valence-corrected chi connectivity index (χ0v) is 18.8. The Labute approximate surface area is 185 Å². The molecule has 168 valence electrons. The van der Waals surface area contributed by atoms with Crippen LogP contribution in [0.1, 0.15) is 43.9 Å². The van der Waals surface area contributed by atoms with E-state index in [1.807, 2.05) is 12.1 Å². The molecule has 1 aromatic heterocycles. The first-order valence-corrected chi connectivity index (χ1v) is 11.5. The van der Waals surface area contributed by atoms with Crippen LogP contribution >= 0.6 is 0 Å². The number of ether oxygens (including phenoxy) is 1. The van der Waals surface area contributed by atoms with Gasteiger partial charge in [0.05, 0.1) is 6.54 Å². The summed E-state index contributed by atoms with van der Waals surface area (Å²) in [5.41, 5.74) is 3.20. The molecule has 0 radical (unpaired) electrons. The summed E-state index contributed by atoms with van der Waals surface area (Å²) in [6, 6.07) is 8.20. The summed E-state index contributed by atoms with van der Waals surface area (Å²) in [7, 11) is 0. The van der Waals surface area contributed by atoms with E-state index in [9.17, 15) is 0 Å². The topological polar surface area (TPSA) is 74.9 Å². The summed E-state index contributed by atoms with van der Waals surface area (Å²) >= 11 is 0. The number of benzene rings is 1. The van der Waals surface area contributed by atoms with E-state index in [0.29, 0.717) is 12.4 Å². The van der Waals surface area contributed by atoms with Gasteiger partial charge in [0.15, 0.2) is 5.96 Å². The molecule has 7 heteroatoms. The first-order valence-electron chi connectivity index (χ1n) is 11.5. The number of hydrogen-bond acceptors (Lipinski definition) is 5. The van der Waals surface area contributed by atoms with Crippen LogP contribution in [0, 0.1) is 6.92 Å². The Balaban J connectivity index is 1.40. The predicted octanol–water partition coefficient (Wildman–Crippen LogP) is 3.35. The smallest absolute Gasteiger partial charge is 0.226 e. The standard InChI is InChI=1S/C24H35N5O2/c1-3-25-23(27-18-24(10-14-30-15-11-24)29-12-4-5-13-29)26-16-21-17-31-22(28-21)20-8-6-19(2)7-9-20/h6-9,17H,3-5,10-16,18H2,1-2H3,(H2,25,26,27). The Morgan fingerprint density at radius 3 is 2.58 bits per heavy atom. The zero-order valence-electron chi connectivity index (χ0n) is 18.8. The summed E-state index contributed by atoms with van der Waals surface area (Å²) < 4.78 is 11.4. The number of hydrogen-bond donors (Lipinski definition) is 2. The maximum absolute atomic E-state index is 5.68. The van der Waals surface area contributed by atoms with Gasteiger partial charge in [-0.05, 0) is 64.8 Å². The Hall–Kier alpha value is -2.38. The van der Waals surface area contributed by atoms with Crippen LogP contribution in [0.3, 0.4) is 0 Å². The van der Waals surface area contributed by atoms with E-state index in [1.54, 1.807) is 6.26 Å². The molecule has 7 nitrogen and oxygen atoms in total. The van der Waals surface area contributed by atoms with Gasteiger partial charge in [0.2, 0.25) is 5.89 Å². The minimum atomic E-state index is 0.164. The van der Waals surface area contributed by atoms with Crippen LogP contribution < -0.4 is 10.6 Å². The molecule has 1 aromatic carbocycles. The van der Waals surface area contributed by atoms with Crippen molar-refractivity contribution in [2.75, 3.05) is 39.4 Å². The Morgan fingerprint density at radius 1 is 1.13 bits per heavy atom. The second-order valence-corrected chi connectivity index (χ2v) is 8.59. The monoisotopic (exact) mass is 425 g/mol. The van der Waals surface area contributed by atoms with Gasteiger partial charge in [0.25, 0.3) is 0 Å². The number of aromatic nitrogens is 1. The highest BCUT2D eigenvalue weighted by Gasteiger charge is 2.39. The number of oxazole rings is 1. The molecule has 0 spiro atoms. The molecule has 2 saturated heterocycles. The zero-order chi connectivity index (χ0) is 21.5. The largest absolute Gasteiger partial charge is 0.444 e. The lowest BCUT2D eigenvalue weighted by Gasteiger charge is -2.45. The first kappa shape index (κ1) is 21.8. The van der Waals surface area contributed by atoms with Gasteiger partial charge in [-0.25, -0.2) is 9.98 Å². The fraction of sp³-hybridized carbons (Fsp3) is 0.583. The molecule has 2 N–H and O–H groups in total. The Kier molecular flexibility index (Phi) is 7.25. The van der Waals surface area contributed by atoms with Crippen molar-refractivity contribution in [1.82, 2.24) is 20.5 Å². The van der Waals surface area contributed by atoms with Crippen LogP contribution in [0.15, 0.2) is 39.9 Å². The van der Waals surface area contributed by atoms with Gasteiger partial charge in [-0.3, -0.25) is 4.90 Å². The number of aryl methyl sites for hydroxylation is 1. The number of rotatable bonds is 7. The average molecular weight is 426 g/mol. The highest BCUT2D eigenvalue weighted by Crippen LogP contribution is 2.30. The molecule has 0 amide bonds. The van der Waals surface area contributed by atoms with E-state index in [0.717, 1.165) is 56.4 Å². The van der Waals surface area contributed by atoms with E-state index in [4.69, 9.17) is 14.1 Å². The molecule has 31 heavy (non-hydrogen) atoms. The maximum atomic E-state index is 5.68. The van der Waals surface area contributed by atoms with Gasteiger partial charge < -0.3 is 19.8 Å². The fourth-order valence-electron chi connectivity index (χ4n) is 4.51. The van der Waals surface area contributed by atoms with Crippen molar-refractivity contribution in [3.8, 4) is 11.5 Å². The predicted molar refractivity (Wildman–Crippen MR) is 123 cm³/mol.